The van der Waals surface area contributed by atoms with Crippen LogP contribution in [0.3, 0.4) is 0 Å². The van der Waals surface area contributed by atoms with E-state index in [2.05, 4.69) is 9.84 Å². The monoisotopic (exact) mass is 360 g/mol. The molecule has 1 aliphatic heterocycles. The molecule has 0 amide bonds. The molecule has 0 radical (unpaired) electrons. The van der Waals surface area contributed by atoms with E-state index in [0.29, 0.717) is 11.3 Å². The summed E-state index contributed by atoms with van der Waals surface area (Å²) >= 11 is 0. The highest BCUT2D eigenvalue weighted by Gasteiger charge is 2.42. The zero-order chi connectivity index (χ0) is 18.7. The highest BCUT2D eigenvalue weighted by Crippen LogP contribution is 2.34. The Hall–Kier alpha value is -3.09. The van der Waals surface area contributed by atoms with E-state index in [9.17, 15) is 18.0 Å². The molecule has 2 aromatic carbocycles. The molecule has 0 fully saturated rings. The van der Waals surface area contributed by atoms with Crippen LogP contribution in [-0.2, 0) is 4.74 Å². The molecule has 0 aromatic heterocycles. The normalized spacial score (nSPS) is 17.0. The molecule has 26 heavy (non-hydrogen) atoms. The fourth-order valence-corrected chi connectivity index (χ4v) is 2.64. The van der Waals surface area contributed by atoms with Crippen molar-refractivity contribution in [1.82, 2.24) is 0 Å². The van der Waals surface area contributed by atoms with Crippen molar-refractivity contribution >= 4 is 17.4 Å². The number of anilines is 1. The van der Waals surface area contributed by atoms with Crippen LogP contribution >= 0.6 is 0 Å². The van der Waals surface area contributed by atoms with Crippen LogP contribution in [-0.4, -0.2) is 25.0 Å². The summed E-state index contributed by atoms with van der Waals surface area (Å²) in [6.07, 6.45) is -1.65. The number of methoxy groups -OCH3 is 1. The van der Waals surface area contributed by atoms with Gasteiger partial charge in [-0.3, -0.25) is 0 Å². The number of nitrogens with zero attached hydrogens (tertiary/aromatic N) is 2. The standard InChI is InChI=1S/C19H15F3N2O2/c1-26-18(25)14-9-7-13(8-10-14)16-11-12-24(15-5-3-2-4-6-15)23-17(16)19(20,21)22/h2-12,16H,1H3. The number of rotatable bonds is 3. The number of esters is 1. The third-order valence-electron chi connectivity index (χ3n) is 3.93. The molecule has 1 heterocycles. The van der Waals surface area contributed by atoms with Gasteiger partial charge in [-0.2, -0.15) is 18.3 Å². The van der Waals surface area contributed by atoms with Crippen LogP contribution in [0.5, 0.6) is 0 Å². The van der Waals surface area contributed by atoms with Crippen LogP contribution in [0.2, 0.25) is 0 Å². The maximum atomic E-state index is 13.6. The second kappa shape index (κ2) is 7.03. The Kier molecular flexibility index (Phi) is 4.79. The Balaban J connectivity index is 1.95. The molecule has 1 unspecified atom stereocenters. The Labute approximate surface area is 148 Å². The molecule has 3 rings (SSSR count). The summed E-state index contributed by atoms with van der Waals surface area (Å²) < 4.78 is 45.3. The largest absolute Gasteiger partial charge is 0.465 e. The molecule has 1 atom stereocenters. The number of allylic oxidation sites excluding steroid dienone is 1. The number of halogens is 3. The van der Waals surface area contributed by atoms with Gasteiger partial charge in [0.1, 0.15) is 0 Å². The van der Waals surface area contributed by atoms with E-state index in [4.69, 9.17) is 0 Å². The topological polar surface area (TPSA) is 41.9 Å². The number of carbonyl (C=O) groups is 1. The molecular formula is C19H15F3N2O2. The summed E-state index contributed by atoms with van der Waals surface area (Å²) in [5.41, 5.74) is 0.268. The third-order valence-corrected chi connectivity index (χ3v) is 3.93. The van der Waals surface area contributed by atoms with E-state index in [0.717, 1.165) is 0 Å². The van der Waals surface area contributed by atoms with Crippen LogP contribution in [0.4, 0.5) is 18.9 Å². The molecule has 0 N–H and O–H groups in total. The Morgan fingerprint density at radius 1 is 1.08 bits per heavy atom. The molecule has 0 saturated heterocycles. The van der Waals surface area contributed by atoms with Gasteiger partial charge in [0.05, 0.1) is 24.3 Å². The molecule has 7 heteroatoms. The number of benzene rings is 2. The average molecular weight is 360 g/mol. The number of hydrazone groups is 1. The maximum absolute atomic E-state index is 13.6. The molecule has 4 nitrogen and oxygen atoms in total. The van der Waals surface area contributed by atoms with Gasteiger partial charge in [-0.05, 0) is 29.8 Å². The Morgan fingerprint density at radius 2 is 1.73 bits per heavy atom. The highest BCUT2D eigenvalue weighted by atomic mass is 19.4. The van der Waals surface area contributed by atoms with Gasteiger partial charge in [-0.25, -0.2) is 9.80 Å². The van der Waals surface area contributed by atoms with Crippen LogP contribution < -0.4 is 5.01 Å². The average Bonchev–Trinajstić information content (AvgIpc) is 2.67. The number of carbonyl (C=O) groups excluding carboxylic acids is 1. The first-order valence-electron chi connectivity index (χ1n) is 7.76. The van der Waals surface area contributed by atoms with Gasteiger partial charge in [-0.15, -0.1) is 0 Å². The zero-order valence-corrected chi connectivity index (χ0v) is 13.8. The van der Waals surface area contributed by atoms with Crippen molar-refractivity contribution in [2.45, 2.75) is 12.1 Å². The predicted octanol–water partition coefficient (Wildman–Crippen LogP) is 4.51. The van der Waals surface area contributed by atoms with Gasteiger partial charge in [0.25, 0.3) is 0 Å². The van der Waals surface area contributed by atoms with E-state index < -0.39 is 23.8 Å². The zero-order valence-electron chi connectivity index (χ0n) is 13.8. The minimum absolute atomic E-state index is 0.271. The van der Waals surface area contributed by atoms with Gasteiger partial charge in [0.2, 0.25) is 0 Å². The van der Waals surface area contributed by atoms with Gasteiger partial charge < -0.3 is 4.74 Å². The van der Waals surface area contributed by atoms with E-state index in [1.54, 1.807) is 30.3 Å². The lowest BCUT2D eigenvalue weighted by Gasteiger charge is -2.27. The Bertz CT molecular complexity index is 843. The summed E-state index contributed by atoms with van der Waals surface area (Å²) in [4.78, 5) is 11.5. The van der Waals surface area contributed by atoms with Crippen molar-refractivity contribution in [2.24, 2.45) is 5.10 Å². The minimum atomic E-state index is -4.59. The molecule has 1 aliphatic rings. The second-order valence-corrected chi connectivity index (χ2v) is 5.60. The summed E-state index contributed by atoms with van der Waals surface area (Å²) in [5.74, 6) is -1.60. The fourth-order valence-electron chi connectivity index (χ4n) is 2.64. The molecule has 0 bridgehead atoms. The molecular weight excluding hydrogens is 345 g/mol. The number of hydrogen-bond donors (Lipinski definition) is 0. The van der Waals surface area contributed by atoms with Gasteiger partial charge in [0, 0.05) is 6.20 Å². The Morgan fingerprint density at radius 3 is 2.31 bits per heavy atom. The van der Waals surface area contributed by atoms with Crippen molar-refractivity contribution < 1.29 is 22.7 Å². The SMILES string of the molecule is COC(=O)c1ccc(C2C=CN(c3ccccc3)N=C2C(F)(F)F)cc1. The third kappa shape index (κ3) is 3.61. The lowest BCUT2D eigenvalue weighted by atomic mass is 9.92. The first-order chi connectivity index (χ1) is 12.4. The highest BCUT2D eigenvalue weighted by molar-refractivity contribution is 5.99. The van der Waals surface area contributed by atoms with Crippen molar-refractivity contribution in [3.63, 3.8) is 0 Å². The summed E-state index contributed by atoms with van der Waals surface area (Å²) in [6.45, 7) is 0. The quantitative estimate of drug-likeness (QED) is 0.757. The van der Waals surface area contributed by atoms with Gasteiger partial charge in [0.15, 0.2) is 5.71 Å². The van der Waals surface area contributed by atoms with Crippen LogP contribution in [0, 0.1) is 0 Å². The summed E-state index contributed by atoms with van der Waals surface area (Å²) in [7, 11) is 1.24. The first kappa shape index (κ1) is 17.7. The minimum Gasteiger partial charge on any atom is -0.465 e. The number of ether oxygens (including phenoxy) is 1. The maximum Gasteiger partial charge on any atom is 0.432 e. The molecule has 0 spiro atoms. The number of alkyl halides is 3. The lowest BCUT2D eigenvalue weighted by Crippen LogP contribution is -2.34. The van der Waals surface area contributed by atoms with E-state index in [-0.39, 0.29) is 5.56 Å². The van der Waals surface area contributed by atoms with Crippen LogP contribution in [0.15, 0.2) is 72.0 Å². The molecule has 0 saturated carbocycles. The molecule has 134 valence electrons. The van der Waals surface area contributed by atoms with Crippen LogP contribution in [0.25, 0.3) is 0 Å². The molecule has 2 aromatic rings. The van der Waals surface area contributed by atoms with Crippen LogP contribution in [0.1, 0.15) is 21.8 Å². The fraction of sp³-hybridized carbons (Fsp3) is 0.158. The summed E-state index contributed by atoms with van der Waals surface area (Å²) in [6, 6.07) is 14.4. The first-order valence-corrected chi connectivity index (χ1v) is 7.76. The van der Waals surface area contributed by atoms with E-state index >= 15 is 0 Å². The van der Waals surface area contributed by atoms with Gasteiger partial charge >= 0.3 is 12.1 Å². The number of para-hydroxylation sites is 1. The second-order valence-electron chi connectivity index (χ2n) is 5.60. The lowest BCUT2D eigenvalue weighted by molar-refractivity contribution is -0.0611. The predicted molar refractivity (Wildman–Crippen MR) is 92.1 cm³/mol. The van der Waals surface area contributed by atoms with E-state index in [1.165, 1.54) is 48.7 Å². The van der Waals surface area contributed by atoms with Crippen molar-refractivity contribution in [1.29, 1.82) is 0 Å². The van der Waals surface area contributed by atoms with Crippen molar-refractivity contribution in [2.75, 3.05) is 12.1 Å². The van der Waals surface area contributed by atoms with E-state index in [1.807, 2.05) is 0 Å². The van der Waals surface area contributed by atoms with Crippen molar-refractivity contribution in [3.8, 4) is 0 Å². The smallest absolute Gasteiger partial charge is 0.432 e. The van der Waals surface area contributed by atoms with Gasteiger partial charge in [-0.1, -0.05) is 36.4 Å². The number of hydrogen-bond acceptors (Lipinski definition) is 4. The van der Waals surface area contributed by atoms with Crippen molar-refractivity contribution in [3.05, 3.63) is 78.0 Å². The molecule has 0 aliphatic carbocycles. The summed E-state index contributed by atoms with van der Waals surface area (Å²) in [5, 5.41) is 5.00.